The van der Waals surface area contributed by atoms with Crippen molar-refractivity contribution in [1.29, 1.82) is 0 Å². The lowest BCUT2D eigenvalue weighted by Crippen LogP contribution is -2.60. The normalized spacial score (nSPS) is 23.0. The molecule has 6 heteroatoms. The van der Waals surface area contributed by atoms with E-state index in [4.69, 9.17) is 13.6 Å². The molecule has 0 aromatic heterocycles. The van der Waals surface area contributed by atoms with Gasteiger partial charge in [-0.3, -0.25) is 4.79 Å². The summed E-state index contributed by atoms with van der Waals surface area (Å²) in [5.41, 5.74) is 6.13. The molecule has 0 aliphatic heterocycles. The number of carboxylic acid groups (broad SMARTS) is 1. The maximum Gasteiger partial charge on any atom is 0.323 e. The van der Waals surface area contributed by atoms with Gasteiger partial charge in [0.05, 0.1) is 7.85 Å². The maximum absolute atomic E-state index is 11.6. The summed E-state index contributed by atoms with van der Waals surface area (Å²) in [6, 6.07) is 7.36. The van der Waals surface area contributed by atoms with E-state index in [0.717, 1.165) is 31.2 Å². The molecule has 2 radical (unpaired) electrons. The van der Waals surface area contributed by atoms with E-state index in [2.05, 4.69) is 5.32 Å². The van der Waals surface area contributed by atoms with Crippen LogP contribution in [0.1, 0.15) is 37.7 Å². The van der Waals surface area contributed by atoms with Gasteiger partial charge in [0.1, 0.15) is 11.3 Å². The highest BCUT2D eigenvalue weighted by atomic mass is 16.4. The molecule has 1 fully saturated rings. The van der Waals surface area contributed by atoms with Crippen LogP contribution in [0.2, 0.25) is 6.32 Å². The number of carbonyl (C=O) groups is 1. The van der Waals surface area contributed by atoms with Crippen LogP contribution in [0.25, 0.3) is 0 Å². The van der Waals surface area contributed by atoms with E-state index in [0.29, 0.717) is 25.3 Å². The van der Waals surface area contributed by atoms with Crippen molar-refractivity contribution in [1.82, 2.24) is 5.32 Å². The van der Waals surface area contributed by atoms with Crippen molar-refractivity contribution in [3.05, 3.63) is 29.8 Å². The van der Waals surface area contributed by atoms with Crippen molar-refractivity contribution in [3.63, 3.8) is 0 Å². The molecule has 1 aliphatic rings. The van der Waals surface area contributed by atoms with Crippen LogP contribution in [0.4, 0.5) is 0 Å². The van der Waals surface area contributed by atoms with Gasteiger partial charge in [-0.25, -0.2) is 0 Å². The number of nitrogens with one attached hydrogen (secondary N) is 1. The molecule has 0 saturated heterocycles. The number of phenolic OH excluding ortho intramolecular Hbond substituents is 1. The Morgan fingerprint density at radius 3 is 2.52 bits per heavy atom. The molecule has 124 valence electrons. The van der Waals surface area contributed by atoms with Crippen molar-refractivity contribution in [2.75, 3.05) is 0 Å². The number of unbranched alkanes of at least 4 members (excludes halogenated alkanes) is 1. The Balaban J connectivity index is 1.79. The van der Waals surface area contributed by atoms with Crippen LogP contribution in [0.5, 0.6) is 5.75 Å². The average molecular weight is 316 g/mol. The van der Waals surface area contributed by atoms with Crippen LogP contribution in [0.3, 0.4) is 0 Å². The van der Waals surface area contributed by atoms with E-state index in [9.17, 15) is 15.0 Å². The summed E-state index contributed by atoms with van der Waals surface area (Å²) in [5.74, 6) is -0.643. The Kier molecular flexibility index (Phi) is 6.07. The summed E-state index contributed by atoms with van der Waals surface area (Å²) in [4.78, 5) is 11.6. The minimum absolute atomic E-state index is 0.00934. The molecule has 0 heterocycles. The minimum atomic E-state index is -1.13. The summed E-state index contributed by atoms with van der Waals surface area (Å²) in [5, 5.41) is 22.2. The number of carboxylic acids is 1. The van der Waals surface area contributed by atoms with Gasteiger partial charge in [0.15, 0.2) is 0 Å². The standard InChI is InChI=1S/C17H25BN2O3/c18-8-2-1-7-17(19,16(22)23)13-9-14(10-13)20-11-12-3-5-15(21)6-4-12/h3-6,13-14,20-21H,1-2,7-11,19H2,(H,22,23). The largest absolute Gasteiger partial charge is 0.508 e. The van der Waals surface area contributed by atoms with Crippen LogP contribution < -0.4 is 11.1 Å². The molecular weight excluding hydrogens is 291 g/mol. The second-order valence-electron chi connectivity index (χ2n) is 6.50. The molecule has 1 unspecified atom stereocenters. The number of rotatable bonds is 9. The number of benzene rings is 1. The quantitative estimate of drug-likeness (QED) is 0.411. The van der Waals surface area contributed by atoms with Crippen LogP contribution in [-0.2, 0) is 11.3 Å². The maximum atomic E-state index is 11.6. The average Bonchev–Trinajstić information content (AvgIpc) is 2.47. The van der Waals surface area contributed by atoms with Crippen molar-refractivity contribution in [2.45, 2.75) is 56.5 Å². The molecule has 23 heavy (non-hydrogen) atoms. The molecule has 1 aromatic rings. The molecular formula is C17H25BN2O3. The minimum Gasteiger partial charge on any atom is -0.508 e. The molecule has 0 amide bonds. The Morgan fingerprint density at radius 1 is 1.30 bits per heavy atom. The Morgan fingerprint density at radius 2 is 1.96 bits per heavy atom. The number of phenols is 1. The number of hydrogen-bond acceptors (Lipinski definition) is 4. The summed E-state index contributed by atoms with van der Waals surface area (Å²) < 4.78 is 0. The summed E-state index contributed by atoms with van der Waals surface area (Å²) in [7, 11) is 5.47. The molecule has 1 aliphatic carbocycles. The third-order valence-corrected chi connectivity index (χ3v) is 4.84. The first kappa shape index (κ1) is 17.8. The van der Waals surface area contributed by atoms with Crippen LogP contribution in [-0.4, -0.2) is 35.6 Å². The number of aromatic hydroxyl groups is 1. The third-order valence-electron chi connectivity index (χ3n) is 4.84. The zero-order chi connectivity index (χ0) is 16.9. The number of aliphatic carboxylic acids is 1. The van der Waals surface area contributed by atoms with Gasteiger partial charge in [-0.2, -0.15) is 0 Å². The zero-order valence-electron chi connectivity index (χ0n) is 13.4. The first-order valence-electron chi connectivity index (χ1n) is 8.19. The van der Waals surface area contributed by atoms with Gasteiger partial charge in [0.2, 0.25) is 0 Å². The molecule has 2 rings (SSSR count). The lowest BCUT2D eigenvalue weighted by Gasteiger charge is -2.45. The second kappa shape index (κ2) is 7.84. The SMILES string of the molecule is [B]CCCCC(N)(C(=O)O)C1CC(NCc2ccc(O)cc2)C1. The Bertz CT molecular complexity index is 517. The second-order valence-corrected chi connectivity index (χ2v) is 6.50. The molecule has 0 spiro atoms. The van der Waals surface area contributed by atoms with E-state index < -0.39 is 11.5 Å². The van der Waals surface area contributed by atoms with Crippen LogP contribution >= 0.6 is 0 Å². The fourth-order valence-corrected chi connectivity index (χ4v) is 3.13. The Hall–Kier alpha value is -1.53. The van der Waals surface area contributed by atoms with E-state index in [1.54, 1.807) is 12.1 Å². The smallest absolute Gasteiger partial charge is 0.323 e. The molecule has 0 bridgehead atoms. The Labute approximate surface area is 138 Å². The molecule has 5 N–H and O–H groups in total. The predicted octanol–water partition coefficient (Wildman–Crippen LogP) is 1.80. The highest BCUT2D eigenvalue weighted by molar-refractivity contribution is 6.08. The first-order chi connectivity index (χ1) is 11.0. The van der Waals surface area contributed by atoms with Gasteiger partial charge in [-0.15, -0.1) is 0 Å². The molecule has 1 aromatic carbocycles. The monoisotopic (exact) mass is 316 g/mol. The third kappa shape index (κ3) is 4.48. The number of nitrogens with two attached hydrogens (primary N) is 1. The predicted molar refractivity (Wildman–Crippen MR) is 90.4 cm³/mol. The van der Waals surface area contributed by atoms with Crippen molar-refractivity contribution < 1.29 is 15.0 Å². The summed E-state index contributed by atoms with van der Waals surface area (Å²) >= 11 is 0. The molecule has 1 atom stereocenters. The fourth-order valence-electron chi connectivity index (χ4n) is 3.13. The molecule has 5 nitrogen and oxygen atoms in total. The highest BCUT2D eigenvalue weighted by Gasteiger charge is 2.47. The van der Waals surface area contributed by atoms with Gasteiger partial charge < -0.3 is 21.3 Å². The fraction of sp³-hybridized carbons (Fsp3) is 0.588. The number of hydrogen-bond donors (Lipinski definition) is 4. The summed E-state index contributed by atoms with van der Waals surface area (Å²) in [6.45, 7) is 0.704. The van der Waals surface area contributed by atoms with E-state index in [1.807, 2.05) is 12.1 Å². The lowest BCUT2D eigenvalue weighted by atomic mass is 9.66. The van der Waals surface area contributed by atoms with Gasteiger partial charge in [-0.1, -0.05) is 31.3 Å². The van der Waals surface area contributed by atoms with E-state index in [-0.39, 0.29) is 11.7 Å². The van der Waals surface area contributed by atoms with Crippen molar-refractivity contribution in [3.8, 4) is 5.75 Å². The van der Waals surface area contributed by atoms with Crippen molar-refractivity contribution in [2.24, 2.45) is 11.7 Å². The molecule has 1 saturated carbocycles. The van der Waals surface area contributed by atoms with E-state index in [1.165, 1.54) is 0 Å². The van der Waals surface area contributed by atoms with Crippen LogP contribution in [0, 0.1) is 5.92 Å². The van der Waals surface area contributed by atoms with Gasteiger partial charge in [0.25, 0.3) is 0 Å². The van der Waals surface area contributed by atoms with Gasteiger partial charge in [-0.05, 0) is 42.9 Å². The van der Waals surface area contributed by atoms with Gasteiger partial charge >= 0.3 is 5.97 Å². The highest BCUT2D eigenvalue weighted by Crippen LogP contribution is 2.38. The van der Waals surface area contributed by atoms with Gasteiger partial charge in [0, 0.05) is 12.6 Å². The van der Waals surface area contributed by atoms with Crippen molar-refractivity contribution >= 4 is 13.8 Å². The topological polar surface area (TPSA) is 95.6 Å². The first-order valence-corrected chi connectivity index (χ1v) is 8.19. The zero-order valence-corrected chi connectivity index (χ0v) is 13.4. The van der Waals surface area contributed by atoms with Crippen LogP contribution in [0.15, 0.2) is 24.3 Å². The summed E-state index contributed by atoms with van der Waals surface area (Å²) in [6.07, 6.45) is 4.17. The lowest BCUT2D eigenvalue weighted by molar-refractivity contribution is -0.148. The van der Waals surface area contributed by atoms with E-state index >= 15 is 0 Å².